The van der Waals surface area contributed by atoms with Crippen LogP contribution in [0.15, 0.2) is 29.4 Å². The van der Waals surface area contributed by atoms with Crippen molar-refractivity contribution in [2.75, 3.05) is 45.1 Å². The lowest BCUT2D eigenvalue weighted by molar-refractivity contribution is -0.123. The van der Waals surface area contributed by atoms with Gasteiger partial charge < -0.3 is 14.6 Å². The van der Waals surface area contributed by atoms with Crippen LogP contribution in [0.3, 0.4) is 0 Å². The Bertz CT molecular complexity index is 863. The van der Waals surface area contributed by atoms with E-state index < -0.39 is 0 Å². The first-order chi connectivity index (χ1) is 14.6. The molecule has 30 heavy (non-hydrogen) atoms. The van der Waals surface area contributed by atoms with E-state index in [-0.39, 0.29) is 11.3 Å². The van der Waals surface area contributed by atoms with Crippen LogP contribution in [0.1, 0.15) is 24.2 Å². The van der Waals surface area contributed by atoms with E-state index in [0.29, 0.717) is 18.0 Å². The Balaban J connectivity index is 1.23. The topological polar surface area (TPSA) is 72.3 Å². The standard InChI is InChI=1S/C21H28ClN5O2S/c1-26-18(24-25-20(26)30-15-12-27-10-13-29-14-11-27)6-9-23-19(28)21(7-8-21)16-2-4-17(22)5-3-16/h2-5H,6-15H2,1H3,(H,23,28). The predicted octanol–water partition coefficient (Wildman–Crippen LogP) is 2.28. The van der Waals surface area contributed by atoms with Gasteiger partial charge >= 0.3 is 0 Å². The van der Waals surface area contributed by atoms with Crippen molar-refractivity contribution in [1.82, 2.24) is 25.0 Å². The Morgan fingerprint density at radius 3 is 2.67 bits per heavy atom. The smallest absolute Gasteiger partial charge is 0.230 e. The zero-order valence-corrected chi connectivity index (χ0v) is 18.8. The van der Waals surface area contributed by atoms with Crippen molar-refractivity contribution in [2.45, 2.75) is 29.8 Å². The van der Waals surface area contributed by atoms with Crippen LogP contribution in [-0.4, -0.2) is 70.7 Å². The third kappa shape index (κ3) is 4.99. The largest absolute Gasteiger partial charge is 0.379 e. The summed E-state index contributed by atoms with van der Waals surface area (Å²) in [5.41, 5.74) is 0.660. The molecule has 1 N–H and O–H groups in total. The number of aromatic nitrogens is 3. The van der Waals surface area contributed by atoms with Gasteiger partial charge in [-0.15, -0.1) is 10.2 Å². The highest BCUT2D eigenvalue weighted by atomic mass is 35.5. The number of hydrogen-bond donors (Lipinski definition) is 1. The van der Waals surface area contributed by atoms with Gasteiger partial charge in [-0.25, -0.2) is 0 Å². The highest BCUT2D eigenvalue weighted by Crippen LogP contribution is 2.48. The van der Waals surface area contributed by atoms with Gasteiger partial charge in [0.05, 0.1) is 18.6 Å². The summed E-state index contributed by atoms with van der Waals surface area (Å²) in [6.45, 7) is 5.23. The third-order valence-corrected chi connectivity index (χ3v) is 7.14. The maximum absolute atomic E-state index is 12.8. The quantitative estimate of drug-likeness (QED) is 0.592. The maximum Gasteiger partial charge on any atom is 0.230 e. The van der Waals surface area contributed by atoms with Crippen LogP contribution in [0, 0.1) is 0 Å². The maximum atomic E-state index is 12.8. The Morgan fingerprint density at radius 2 is 1.97 bits per heavy atom. The molecule has 0 spiro atoms. The molecule has 1 saturated heterocycles. The van der Waals surface area contributed by atoms with Crippen LogP contribution in [-0.2, 0) is 28.4 Å². The summed E-state index contributed by atoms with van der Waals surface area (Å²) in [4.78, 5) is 15.2. The van der Waals surface area contributed by atoms with Crippen molar-refractivity contribution in [2.24, 2.45) is 7.05 Å². The number of amides is 1. The Kier molecular flexibility index (Phi) is 6.98. The van der Waals surface area contributed by atoms with Crippen LogP contribution in [0.5, 0.6) is 0 Å². The highest BCUT2D eigenvalue weighted by Gasteiger charge is 2.50. The summed E-state index contributed by atoms with van der Waals surface area (Å²) >= 11 is 7.70. The van der Waals surface area contributed by atoms with Gasteiger partial charge in [0.1, 0.15) is 5.82 Å². The van der Waals surface area contributed by atoms with Crippen LogP contribution < -0.4 is 5.32 Å². The van der Waals surface area contributed by atoms with Gasteiger partial charge in [0.25, 0.3) is 0 Å². The van der Waals surface area contributed by atoms with E-state index in [4.69, 9.17) is 16.3 Å². The van der Waals surface area contributed by atoms with Crippen LogP contribution in [0.25, 0.3) is 0 Å². The van der Waals surface area contributed by atoms with Crippen LogP contribution in [0.2, 0.25) is 5.02 Å². The number of nitrogens with one attached hydrogen (secondary N) is 1. The minimum Gasteiger partial charge on any atom is -0.379 e. The second-order valence-corrected chi connectivity index (χ2v) is 9.35. The molecule has 1 aromatic carbocycles. The van der Waals surface area contributed by atoms with Crippen molar-refractivity contribution in [3.05, 3.63) is 40.7 Å². The van der Waals surface area contributed by atoms with E-state index in [1.807, 2.05) is 35.9 Å². The molecule has 0 radical (unpaired) electrons. The van der Waals surface area contributed by atoms with Crippen molar-refractivity contribution in [3.63, 3.8) is 0 Å². The molecule has 1 aromatic heterocycles. The third-order valence-electron chi connectivity index (χ3n) is 5.88. The molecule has 2 heterocycles. The van der Waals surface area contributed by atoms with Gasteiger partial charge in [-0.2, -0.15) is 0 Å². The van der Waals surface area contributed by atoms with E-state index >= 15 is 0 Å². The molecule has 0 unspecified atom stereocenters. The molecule has 1 amide bonds. The zero-order valence-electron chi connectivity index (χ0n) is 17.3. The van der Waals surface area contributed by atoms with Crippen molar-refractivity contribution in [3.8, 4) is 0 Å². The number of hydrogen-bond acceptors (Lipinski definition) is 6. The van der Waals surface area contributed by atoms with Gasteiger partial charge in [-0.1, -0.05) is 35.5 Å². The molecule has 2 fully saturated rings. The summed E-state index contributed by atoms with van der Waals surface area (Å²) in [5.74, 6) is 1.96. The first-order valence-electron chi connectivity index (χ1n) is 10.4. The second kappa shape index (κ2) is 9.68. The molecule has 0 atom stereocenters. The average Bonchev–Trinajstić information content (AvgIpc) is 3.50. The number of morpholine rings is 1. The molecule has 2 aliphatic rings. The number of ether oxygens (including phenoxy) is 1. The molecule has 7 nitrogen and oxygen atoms in total. The molecule has 9 heteroatoms. The van der Waals surface area contributed by atoms with Gasteiger partial charge in [-0.3, -0.25) is 9.69 Å². The number of benzene rings is 1. The number of carbonyl (C=O) groups excluding carboxylic acids is 1. The monoisotopic (exact) mass is 449 g/mol. The highest BCUT2D eigenvalue weighted by molar-refractivity contribution is 7.99. The summed E-state index contributed by atoms with van der Waals surface area (Å²) in [5, 5.41) is 13.3. The van der Waals surface area contributed by atoms with Crippen molar-refractivity contribution >= 4 is 29.3 Å². The van der Waals surface area contributed by atoms with Crippen molar-refractivity contribution < 1.29 is 9.53 Å². The Labute approximate surface area is 186 Å². The van der Waals surface area contributed by atoms with E-state index in [9.17, 15) is 4.79 Å². The minimum atomic E-state index is -0.384. The van der Waals surface area contributed by atoms with E-state index in [1.54, 1.807) is 11.8 Å². The molecule has 2 aromatic rings. The normalized spacial score (nSPS) is 18.3. The van der Waals surface area contributed by atoms with Crippen molar-refractivity contribution in [1.29, 1.82) is 0 Å². The van der Waals surface area contributed by atoms with E-state index in [2.05, 4.69) is 20.4 Å². The Hall–Kier alpha value is -1.61. The molecule has 1 aliphatic carbocycles. The summed E-state index contributed by atoms with van der Waals surface area (Å²) in [6.07, 6.45) is 2.43. The SMILES string of the molecule is Cn1c(CCNC(=O)C2(c3ccc(Cl)cc3)CC2)nnc1SCCN1CCOCC1. The van der Waals surface area contributed by atoms with E-state index in [0.717, 1.165) is 68.0 Å². The number of halogens is 1. The van der Waals surface area contributed by atoms with Gasteiger partial charge in [0.15, 0.2) is 5.16 Å². The van der Waals surface area contributed by atoms with Crippen LogP contribution >= 0.6 is 23.4 Å². The first kappa shape index (κ1) is 21.6. The minimum absolute atomic E-state index is 0.0899. The molecule has 1 aliphatic heterocycles. The van der Waals surface area contributed by atoms with Crippen LogP contribution in [0.4, 0.5) is 0 Å². The van der Waals surface area contributed by atoms with E-state index in [1.165, 1.54) is 0 Å². The van der Waals surface area contributed by atoms with Gasteiger partial charge in [0.2, 0.25) is 5.91 Å². The number of nitrogens with zero attached hydrogens (tertiary/aromatic N) is 4. The first-order valence-corrected chi connectivity index (χ1v) is 11.8. The fourth-order valence-electron chi connectivity index (χ4n) is 3.78. The molecule has 162 valence electrons. The number of rotatable bonds is 9. The number of carbonyl (C=O) groups is 1. The molecule has 4 rings (SSSR count). The summed E-state index contributed by atoms with van der Waals surface area (Å²) in [6, 6.07) is 7.61. The molecular formula is C21H28ClN5O2S. The lowest BCUT2D eigenvalue weighted by atomic mass is 9.95. The lowest BCUT2D eigenvalue weighted by Gasteiger charge is -2.26. The second-order valence-electron chi connectivity index (χ2n) is 7.86. The zero-order chi connectivity index (χ0) is 21.0. The Morgan fingerprint density at radius 1 is 1.23 bits per heavy atom. The molecule has 1 saturated carbocycles. The molecule has 0 bridgehead atoms. The lowest BCUT2D eigenvalue weighted by Crippen LogP contribution is -2.37. The summed E-state index contributed by atoms with van der Waals surface area (Å²) in [7, 11) is 1.99. The average molecular weight is 450 g/mol. The number of thioether (sulfide) groups is 1. The summed E-state index contributed by atoms with van der Waals surface area (Å²) < 4.78 is 7.42. The molecular weight excluding hydrogens is 422 g/mol. The van der Waals surface area contributed by atoms with Gasteiger partial charge in [-0.05, 0) is 30.5 Å². The fourth-order valence-corrected chi connectivity index (χ4v) is 4.83. The van der Waals surface area contributed by atoms with Gasteiger partial charge in [0, 0.05) is 50.4 Å². The fraction of sp³-hybridized carbons (Fsp3) is 0.571. The predicted molar refractivity (Wildman–Crippen MR) is 118 cm³/mol.